The van der Waals surface area contributed by atoms with Crippen molar-refractivity contribution in [1.82, 2.24) is 10.2 Å². The normalized spacial score (nSPS) is 10.8. The number of aromatic nitrogens is 2. The zero-order chi connectivity index (χ0) is 18.5. The van der Waals surface area contributed by atoms with Crippen molar-refractivity contribution < 1.29 is 23.0 Å². The number of ether oxygens (including phenoxy) is 3. The van der Waals surface area contributed by atoms with Crippen molar-refractivity contribution >= 4 is 15.9 Å². The summed E-state index contributed by atoms with van der Waals surface area (Å²) >= 11 is 3.25. The van der Waals surface area contributed by atoms with Gasteiger partial charge in [-0.1, -0.05) is 0 Å². The molecule has 0 bridgehead atoms. The van der Waals surface area contributed by atoms with Gasteiger partial charge in [0, 0.05) is 5.56 Å². The second-order valence-electron chi connectivity index (χ2n) is 5.12. The molecule has 0 saturated carbocycles. The van der Waals surface area contributed by atoms with Crippen LogP contribution in [0.2, 0.25) is 0 Å². The Morgan fingerprint density at radius 2 is 1.46 bits per heavy atom. The monoisotopic (exact) mass is 422 g/mol. The van der Waals surface area contributed by atoms with E-state index in [2.05, 4.69) is 26.1 Å². The second-order valence-corrected chi connectivity index (χ2v) is 5.90. The van der Waals surface area contributed by atoms with Gasteiger partial charge in [0.15, 0.2) is 21.9 Å². The molecule has 0 radical (unpaired) electrons. The molecule has 3 aromatic rings. The van der Waals surface area contributed by atoms with Crippen molar-refractivity contribution in [1.29, 1.82) is 0 Å². The highest BCUT2D eigenvalue weighted by molar-refractivity contribution is 9.10. The van der Waals surface area contributed by atoms with Crippen molar-refractivity contribution in [2.24, 2.45) is 0 Å². The molecule has 138 valence electrons. The summed E-state index contributed by atoms with van der Waals surface area (Å²) in [7, 11) is 0. The minimum atomic E-state index is 0.288. The Morgan fingerprint density at radius 1 is 0.846 bits per heavy atom. The average Bonchev–Trinajstić information content (AvgIpc) is 3.27. The molecule has 2 aromatic heterocycles. The Bertz CT molecular complexity index is 847. The van der Waals surface area contributed by atoms with E-state index >= 15 is 0 Å². The Morgan fingerprint density at radius 3 is 2.00 bits per heavy atom. The zero-order valence-electron chi connectivity index (χ0n) is 14.7. The summed E-state index contributed by atoms with van der Waals surface area (Å²) in [5.41, 5.74) is 0.671. The molecule has 0 N–H and O–H groups in total. The van der Waals surface area contributed by atoms with E-state index in [1.165, 1.54) is 0 Å². The van der Waals surface area contributed by atoms with Crippen LogP contribution in [0.3, 0.4) is 0 Å². The second kappa shape index (κ2) is 8.27. The van der Waals surface area contributed by atoms with Gasteiger partial charge in [-0.3, -0.25) is 0 Å². The maximum atomic E-state index is 5.75. The number of nitrogens with zero attached hydrogens (tertiary/aromatic N) is 2. The minimum absolute atomic E-state index is 0.288. The number of hydrogen-bond acceptors (Lipinski definition) is 7. The molecule has 0 atom stereocenters. The minimum Gasteiger partial charge on any atom is -0.490 e. The van der Waals surface area contributed by atoms with E-state index in [0.717, 1.165) is 0 Å². The summed E-state index contributed by atoms with van der Waals surface area (Å²) < 4.78 is 28.9. The van der Waals surface area contributed by atoms with E-state index in [0.29, 0.717) is 59.0 Å². The molecule has 0 aliphatic heterocycles. The molecule has 0 spiro atoms. The molecule has 8 heteroatoms. The lowest BCUT2D eigenvalue weighted by Crippen LogP contribution is -2.03. The first-order chi connectivity index (χ1) is 12.7. The first kappa shape index (κ1) is 18.3. The van der Waals surface area contributed by atoms with E-state index in [-0.39, 0.29) is 5.89 Å². The summed E-state index contributed by atoms with van der Waals surface area (Å²) in [5.74, 6) is 2.80. The molecule has 26 heavy (non-hydrogen) atoms. The fourth-order valence-electron chi connectivity index (χ4n) is 2.38. The summed E-state index contributed by atoms with van der Waals surface area (Å²) in [6.45, 7) is 7.20. The first-order valence-electron chi connectivity index (χ1n) is 8.32. The molecule has 0 fully saturated rings. The average molecular weight is 423 g/mol. The number of rotatable bonds is 8. The Hall–Kier alpha value is -2.48. The molecule has 0 amide bonds. The van der Waals surface area contributed by atoms with Gasteiger partial charge < -0.3 is 23.0 Å². The van der Waals surface area contributed by atoms with Gasteiger partial charge in [-0.05, 0) is 61.0 Å². The molecule has 1 aromatic carbocycles. The van der Waals surface area contributed by atoms with Crippen LogP contribution in [-0.2, 0) is 0 Å². The largest absolute Gasteiger partial charge is 0.490 e. The summed E-state index contributed by atoms with van der Waals surface area (Å²) in [6, 6.07) is 7.10. The van der Waals surface area contributed by atoms with Gasteiger partial charge in [-0.2, -0.15) is 0 Å². The van der Waals surface area contributed by atoms with Gasteiger partial charge in [0.05, 0.1) is 19.8 Å². The molecular weight excluding hydrogens is 404 g/mol. The fraction of sp³-hybridized carbons (Fsp3) is 0.333. The lowest BCUT2D eigenvalue weighted by molar-refractivity contribution is 0.261. The molecule has 7 nitrogen and oxygen atoms in total. The van der Waals surface area contributed by atoms with Crippen molar-refractivity contribution in [3.05, 3.63) is 28.9 Å². The lowest BCUT2D eigenvalue weighted by Gasteiger charge is -2.16. The van der Waals surface area contributed by atoms with Crippen LogP contribution in [0.15, 0.2) is 37.8 Å². The molecule has 0 unspecified atom stereocenters. The van der Waals surface area contributed by atoms with Crippen LogP contribution >= 0.6 is 15.9 Å². The predicted molar refractivity (Wildman–Crippen MR) is 98.6 cm³/mol. The molecule has 0 aliphatic rings. The zero-order valence-corrected chi connectivity index (χ0v) is 16.3. The highest BCUT2D eigenvalue weighted by Crippen LogP contribution is 2.42. The smallest absolute Gasteiger partial charge is 0.283 e. The number of benzene rings is 1. The highest BCUT2D eigenvalue weighted by atomic mass is 79.9. The molecule has 0 saturated heterocycles. The van der Waals surface area contributed by atoms with Crippen LogP contribution in [0.5, 0.6) is 17.2 Å². The molecule has 2 heterocycles. The maximum Gasteiger partial charge on any atom is 0.283 e. The molecular formula is C18H19BrN2O5. The van der Waals surface area contributed by atoms with Crippen molar-refractivity contribution in [3.8, 4) is 40.4 Å². The topological polar surface area (TPSA) is 79.8 Å². The van der Waals surface area contributed by atoms with Crippen molar-refractivity contribution in [2.45, 2.75) is 20.8 Å². The Balaban J connectivity index is 2.02. The number of furan rings is 1. The van der Waals surface area contributed by atoms with Crippen LogP contribution in [0, 0.1) is 0 Å². The fourth-order valence-corrected chi connectivity index (χ4v) is 2.69. The summed E-state index contributed by atoms with van der Waals surface area (Å²) in [6.07, 6.45) is 0. The summed E-state index contributed by atoms with van der Waals surface area (Å²) in [5, 5.41) is 8.15. The van der Waals surface area contributed by atoms with Gasteiger partial charge in [-0.25, -0.2) is 0 Å². The van der Waals surface area contributed by atoms with Crippen LogP contribution in [0.25, 0.3) is 23.1 Å². The third-order valence-corrected chi connectivity index (χ3v) is 3.79. The van der Waals surface area contributed by atoms with Gasteiger partial charge >= 0.3 is 0 Å². The van der Waals surface area contributed by atoms with E-state index in [9.17, 15) is 0 Å². The van der Waals surface area contributed by atoms with Crippen molar-refractivity contribution in [3.63, 3.8) is 0 Å². The molecule has 0 aliphatic carbocycles. The Labute approximate surface area is 159 Å². The number of hydrogen-bond donors (Lipinski definition) is 0. The van der Waals surface area contributed by atoms with Crippen LogP contribution < -0.4 is 14.2 Å². The number of halogens is 1. The standard InChI is InChI=1S/C18H19BrN2O5/c1-4-22-13-9-11(10-14(23-5-2)16(13)24-6-3)17-20-21-18(26-17)12-7-8-15(19)25-12/h7-10H,4-6H2,1-3H3. The van der Waals surface area contributed by atoms with Crippen LogP contribution in [0.1, 0.15) is 20.8 Å². The van der Waals surface area contributed by atoms with Gasteiger partial charge in [0.2, 0.25) is 11.6 Å². The SMILES string of the molecule is CCOc1cc(-c2nnc(-c3ccc(Br)o3)o2)cc(OCC)c1OCC. The van der Waals surface area contributed by atoms with E-state index in [4.69, 9.17) is 23.0 Å². The quantitative estimate of drug-likeness (QED) is 0.507. The first-order valence-corrected chi connectivity index (χ1v) is 9.11. The molecule has 3 rings (SSSR count). The van der Waals surface area contributed by atoms with Crippen molar-refractivity contribution in [2.75, 3.05) is 19.8 Å². The van der Waals surface area contributed by atoms with E-state index < -0.39 is 0 Å². The van der Waals surface area contributed by atoms with Crippen LogP contribution in [0.4, 0.5) is 0 Å². The van der Waals surface area contributed by atoms with Gasteiger partial charge in [0.25, 0.3) is 5.89 Å². The third kappa shape index (κ3) is 3.85. The highest BCUT2D eigenvalue weighted by Gasteiger charge is 2.20. The predicted octanol–water partition coefficient (Wildman–Crippen LogP) is 4.96. The van der Waals surface area contributed by atoms with Crippen LogP contribution in [-0.4, -0.2) is 30.0 Å². The van der Waals surface area contributed by atoms with E-state index in [1.54, 1.807) is 24.3 Å². The van der Waals surface area contributed by atoms with Gasteiger partial charge in [-0.15, -0.1) is 10.2 Å². The summed E-state index contributed by atoms with van der Waals surface area (Å²) in [4.78, 5) is 0. The maximum absolute atomic E-state index is 5.75. The Kier molecular flexibility index (Phi) is 5.82. The van der Waals surface area contributed by atoms with Gasteiger partial charge in [0.1, 0.15) is 0 Å². The van der Waals surface area contributed by atoms with E-state index in [1.807, 2.05) is 20.8 Å². The third-order valence-electron chi connectivity index (χ3n) is 3.37. The lowest BCUT2D eigenvalue weighted by atomic mass is 10.2.